The minimum Gasteiger partial charge on any atom is -0.482 e. The maximum Gasteiger partial charge on any atom is 0.344 e. The van der Waals surface area contributed by atoms with Crippen molar-refractivity contribution >= 4 is 40.6 Å². The molecule has 2 aromatic rings. The first kappa shape index (κ1) is 23.3. The van der Waals surface area contributed by atoms with Crippen molar-refractivity contribution in [3.63, 3.8) is 0 Å². The first-order valence-electron chi connectivity index (χ1n) is 10.4. The number of carbonyl (C=O) groups is 2. The zero-order chi connectivity index (χ0) is 22.9. The molecule has 1 fully saturated rings. The average Bonchev–Trinajstić information content (AvgIpc) is 3.12. The number of ether oxygens (including phenoxy) is 2. The van der Waals surface area contributed by atoms with Gasteiger partial charge in [0.1, 0.15) is 5.75 Å². The summed E-state index contributed by atoms with van der Waals surface area (Å²) >= 11 is 1.30. The maximum absolute atomic E-state index is 12.4. The quantitative estimate of drug-likeness (QED) is 0.337. The number of hydrogen-bond acceptors (Lipinski definition) is 6. The lowest BCUT2D eigenvalue weighted by Gasteiger charge is -2.11. The predicted molar refractivity (Wildman–Crippen MR) is 129 cm³/mol. The summed E-state index contributed by atoms with van der Waals surface area (Å²) < 4.78 is 10.5. The van der Waals surface area contributed by atoms with Crippen LogP contribution in [0.15, 0.2) is 65.0 Å². The van der Waals surface area contributed by atoms with Gasteiger partial charge in [-0.3, -0.25) is 4.79 Å². The number of aryl methyl sites for hydroxylation is 1. The number of thioether (sulfide) groups is 1. The Labute approximate surface area is 192 Å². The van der Waals surface area contributed by atoms with E-state index in [2.05, 4.69) is 23.8 Å². The Morgan fingerprint density at radius 3 is 2.66 bits per heavy atom. The van der Waals surface area contributed by atoms with E-state index in [1.54, 1.807) is 19.1 Å². The molecule has 0 spiro atoms. The molecule has 32 heavy (non-hydrogen) atoms. The SMILES string of the molecule is C=CCc1cc(/C=C2\SC(=Nc3ccc(CC)cc3)NC2=O)ccc1OCC(=O)OCC. The van der Waals surface area contributed by atoms with Crippen molar-refractivity contribution in [1.82, 2.24) is 5.32 Å². The van der Waals surface area contributed by atoms with Crippen LogP contribution < -0.4 is 10.1 Å². The molecule has 1 aliphatic rings. The Hall–Kier alpha value is -3.32. The van der Waals surface area contributed by atoms with E-state index in [-0.39, 0.29) is 12.5 Å². The first-order chi connectivity index (χ1) is 15.5. The topological polar surface area (TPSA) is 77.0 Å². The number of benzene rings is 2. The second kappa shape index (κ2) is 11.3. The highest BCUT2D eigenvalue weighted by atomic mass is 32.2. The van der Waals surface area contributed by atoms with Gasteiger partial charge in [-0.2, -0.15) is 0 Å². The highest BCUT2D eigenvalue weighted by Crippen LogP contribution is 2.30. The van der Waals surface area contributed by atoms with Crippen LogP contribution in [0.1, 0.15) is 30.5 Å². The van der Waals surface area contributed by atoms with Gasteiger partial charge >= 0.3 is 5.97 Å². The van der Waals surface area contributed by atoms with Crippen molar-refractivity contribution in [2.75, 3.05) is 13.2 Å². The molecule has 1 N–H and O–H groups in total. The smallest absolute Gasteiger partial charge is 0.344 e. The maximum atomic E-state index is 12.4. The van der Waals surface area contributed by atoms with Crippen molar-refractivity contribution in [3.8, 4) is 5.75 Å². The van der Waals surface area contributed by atoms with Crippen molar-refractivity contribution < 1.29 is 19.1 Å². The van der Waals surface area contributed by atoms with Crippen LogP contribution in [0.25, 0.3) is 6.08 Å². The Balaban J connectivity index is 1.75. The molecule has 166 valence electrons. The number of esters is 1. The van der Waals surface area contributed by atoms with Crippen LogP contribution in [0.3, 0.4) is 0 Å². The number of rotatable bonds is 9. The standard InChI is InChI=1S/C25H26N2O4S/c1-4-7-19-14-18(10-13-21(19)31-16-23(28)30-6-3)15-22-24(29)27-25(32-22)26-20-11-8-17(5-2)9-12-20/h4,8-15H,1,5-7,16H2,2-3H3,(H,26,27,29)/b22-15-. The molecule has 0 unspecified atom stereocenters. The second-order valence-corrected chi connectivity index (χ2v) is 7.99. The van der Waals surface area contributed by atoms with E-state index in [4.69, 9.17) is 9.47 Å². The van der Waals surface area contributed by atoms with Crippen molar-refractivity contribution in [1.29, 1.82) is 0 Å². The zero-order valence-electron chi connectivity index (χ0n) is 18.2. The van der Waals surface area contributed by atoms with Crippen LogP contribution >= 0.6 is 11.8 Å². The molecule has 7 heteroatoms. The molecular formula is C25H26N2O4S. The van der Waals surface area contributed by atoms with E-state index in [1.807, 2.05) is 42.5 Å². The number of hydrogen-bond donors (Lipinski definition) is 1. The van der Waals surface area contributed by atoms with Crippen LogP contribution in [0.2, 0.25) is 0 Å². The largest absolute Gasteiger partial charge is 0.482 e. The number of allylic oxidation sites excluding steroid dienone is 1. The third kappa shape index (κ3) is 6.34. The van der Waals surface area contributed by atoms with Crippen LogP contribution in [0.4, 0.5) is 5.69 Å². The fraction of sp³-hybridized carbons (Fsp3) is 0.240. The van der Waals surface area contributed by atoms with Crippen LogP contribution in [-0.2, 0) is 27.2 Å². The molecule has 1 aliphatic heterocycles. The van der Waals surface area contributed by atoms with Gasteiger partial charge in [-0.1, -0.05) is 31.2 Å². The summed E-state index contributed by atoms with van der Waals surface area (Å²) in [4.78, 5) is 29.1. The minimum atomic E-state index is -0.418. The van der Waals surface area contributed by atoms with E-state index in [9.17, 15) is 9.59 Å². The average molecular weight is 451 g/mol. The second-order valence-electron chi connectivity index (χ2n) is 6.96. The zero-order valence-corrected chi connectivity index (χ0v) is 19.0. The number of nitrogens with one attached hydrogen (secondary N) is 1. The van der Waals surface area contributed by atoms with Gasteiger partial charge in [0.15, 0.2) is 11.8 Å². The molecule has 2 aromatic carbocycles. The molecule has 0 aliphatic carbocycles. The lowest BCUT2D eigenvalue weighted by atomic mass is 10.1. The predicted octanol–water partition coefficient (Wildman–Crippen LogP) is 4.81. The van der Waals surface area contributed by atoms with Gasteiger partial charge in [0, 0.05) is 0 Å². The Morgan fingerprint density at radius 1 is 1.19 bits per heavy atom. The van der Waals surface area contributed by atoms with Gasteiger partial charge in [0.25, 0.3) is 5.91 Å². The van der Waals surface area contributed by atoms with Gasteiger partial charge in [-0.25, -0.2) is 9.79 Å². The van der Waals surface area contributed by atoms with E-state index >= 15 is 0 Å². The number of aliphatic imine (C=N–C) groups is 1. The van der Waals surface area contributed by atoms with E-state index in [0.717, 1.165) is 23.2 Å². The molecule has 0 aromatic heterocycles. The molecule has 6 nitrogen and oxygen atoms in total. The summed E-state index contributed by atoms with van der Waals surface area (Å²) in [5.41, 5.74) is 3.74. The van der Waals surface area contributed by atoms with Crippen LogP contribution in [0, 0.1) is 0 Å². The molecule has 1 amide bonds. The number of amidine groups is 1. The first-order valence-corrected chi connectivity index (χ1v) is 11.2. The summed E-state index contributed by atoms with van der Waals surface area (Å²) in [7, 11) is 0. The lowest BCUT2D eigenvalue weighted by Crippen LogP contribution is -2.19. The summed E-state index contributed by atoms with van der Waals surface area (Å²) in [5.74, 6) is -0.0216. The molecule has 0 radical (unpaired) electrons. The normalized spacial score (nSPS) is 15.6. The molecule has 0 bridgehead atoms. The van der Waals surface area contributed by atoms with Gasteiger partial charge in [-0.15, -0.1) is 6.58 Å². The number of amides is 1. The Kier molecular flexibility index (Phi) is 8.27. The highest BCUT2D eigenvalue weighted by molar-refractivity contribution is 8.18. The van der Waals surface area contributed by atoms with Gasteiger partial charge in [-0.05, 0) is 78.6 Å². The monoisotopic (exact) mass is 450 g/mol. The fourth-order valence-electron chi connectivity index (χ4n) is 3.04. The van der Waals surface area contributed by atoms with Crippen LogP contribution in [-0.4, -0.2) is 30.3 Å². The van der Waals surface area contributed by atoms with E-state index in [1.165, 1.54) is 17.3 Å². The summed E-state index contributed by atoms with van der Waals surface area (Å²) in [5, 5.41) is 3.36. The molecule has 0 atom stereocenters. The molecule has 3 rings (SSSR count). The van der Waals surface area contributed by atoms with E-state index in [0.29, 0.717) is 28.9 Å². The van der Waals surface area contributed by atoms with Gasteiger partial charge in [0.05, 0.1) is 17.2 Å². The third-order valence-corrected chi connectivity index (χ3v) is 5.53. The molecule has 1 heterocycles. The van der Waals surface area contributed by atoms with Crippen LogP contribution in [0.5, 0.6) is 5.75 Å². The molecule has 0 saturated carbocycles. The minimum absolute atomic E-state index is 0.157. The Bertz CT molecular complexity index is 1060. The highest BCUT2D eigenvalue weighted by Gasteiger charge is 2.24. The number of carbonyl (C=O) groups excluding carboxylic acids is 2. The van der Waals surface area contributed by atoms with Gasteiger partial charge in [0.2, 0.25) is 0 Å². The lowest BCUT2D eigenvalue weighted by molar-refractivity contribution is -0.145. The van der Waals surface area contributed by atoms with Gasteiger partial charge < -0.3 is 14.8 Å². The van der Waals surface area contributed by atoms with Crippen molar-refractivity contribution in [2.45, 2.75) is 26.7 Å². The van der Waals surface area contributed by atoms with E-state index < -0.39 is 5.97 Å². The third-order valence-electron chi connectivity index (χ3n) is 4.62. The molecule has 1 saturated heterocycles. The fourth-order valence-corrected chi connectivity index (χ4v) is 3.88. The summed E-state index contributed by atoms with van der Waals surface area (Å²) in [6.07, 6.45) is 5.10. The number of nitrogens with zero attached hydrogens (tertiary/aromatic N) is 1. The Morgan fingerprint density at radius 2 is 1.97 bits per heavy atom. The molecular weight excluding hydrogens is 424 g/mol. The summed E-state index contributed by atoms with van der Waals surface area (Å²) in [6, 6.07) is 13.5. The van der Waals surface area contributed by atoms with Crippen molar-refractivity contribution in [3.05, 3.63) is 76.7 Å². The van der Waals surface area contributed by atoms with Crippen molar-refractivity contribution in [2.24, 2.45) is 4.99 Å². The summed E-state index contributed by atoms with van der Waals surface area (Å²) in [6.45, 7) is 7.78.